The van der Waals surface area contributed by atoms with Gasteiger partial charge in [-0.2, -0.15) is 0 Å². The van der Waals surface area contributed by atoms with Crippen molar-refractivity contribution in [3.05, 3.63) is 48.6 Å². The standard InChI is InChI=1S/C19H25NO5/c1-5-11-19(3)15(17(22)24-4)20(13(2)16(19)21)18(23)25-12-14-9-7-6-8-10-14/h5-10,13,15-16,21H,1,11-12H2,2-4H3. The summed E-state index contributed by atoms with van der Waals surface area (Å²) in [4.78, 5) is 26.3. The Balaban J connectivity index is 2.24. The summed E-state index contributed by atoms with van der Waals surface area (Å²) in [6, 6.07) is 7.73. The summed E-state index contributed by atoms with van der Waals surface area (Å²) in [5, 5.41) is 10.7. The topological polar surface area (TPSA) is 76.1 Å². The molecule has 1 aliphatic heterocycles. The number of hydrogen-bond donors (Lipinski definition) is 1. The van der Waals surface area contributed by atoms with Crippen LogP contribution in [0.2, 0.25) is 0 Å². The van der Waals surface area contributed by atoms with Crippen molar-refractivity contribution in [2.24, 2.45) is 5.41 Å². The molecular weight excluding hydrogens is 322 g/mol. The normalized spacial score (nSPS) is 28.5. The average molecular weight is 347 g/mol. The van der Waals surface area contributed by atoms with Gasteiger partial charge in [-0.05, 0) is 18.9 Å². The summed E-state index contributed by atoms with van der Waals surface area (Å²) >= 11 is 0. The predicted octanol–water partition coefficient (Wildman–Crippen LogP) is 2.51. The summed E-state index contributed by atoms with van der Waals surface area (Å²) in [5.41, 5.74) is -0.0493. The van der Waals surface area contributed by atoms with Gasteiger partial charge in [0.1, 0.15) is 12.6 Å². The molecule has 4 atom stereocenters. The van der Waals surface area contributed by atoms with Gasteiger partial charge in [0.25, 0.3) is 0 Å². The maximum atomic E-state index is 12.7. The highest BCUT2D eigenvalue weighted by molar-refractivity contribution is 5.83. The van der Waals surface area contributed by atoms with Crippen molar-refractivity contribution in [2.45, 2.75) is 45.1 Å². The van der Waals surface area contributed by atoms with Gasteiger partial charge in [0.15, 0.2) is 0 Å². The molecule has 1 aromatic carbocycles. The molecule has 0 radical (unpaired) electrons. The van der Waals surface area contributed by atoms with E-state index in [0.717, 1.165) is 5.56 Å². The van der Waals surface area contributed by atoms with Gasteiger partial charge in [-0.25, -0.2) is 9.59 Å². The van der Waals surface area contributed by atoms with Gasteiger partial charge in [0.05, 0.1) is 19.3 Å². The van der Waals surface area contributed by atoms with E-state index < -0.39 is 35.7 Å². The number of ether oxygens (including phenoxy) is 2. The van der Waals surface area contributed by atoms with E-state index in [0.29, 0.717) is 6.42 Å². The van der Waals surface area contributed by atoms with E-state index in [1.165, 1.54) is 12.0 Å². The van der Waals surface area contributed by atoms with Crippen molar-refractivity contribution < 1.29 is 24.2 Å². The number of carbonyl (C=O) groups excluding carboxylic acids is 2. The van der Waals surface area contributed by atoms with Crippen LogP contribution in [0.4, 0.5) is 4.79 Å². The molecule has 6 heteroatoms. The van der Waals surface area contributed by atoms with Gasteiger partial charge in [0, 0.05) is 5.41 Å². The molecule has 0 bridgehead atoms. The minimum absolute atomic E-state index is 0.0883. The summed E-state index contributed by atoms with van der Waals surface area (Å²) in [5.74, 6) is -0.579. The summed E-state index contributed by atoms with van der Waals surface area (Å²) in [6.45, 7) is 7.23. The predicted molar refractivity (Wildman–Crippen MR) is 92.7 cm³/mol. The molecule has 4 unspecified atom stereocenters. The first kappa shape index (κ1) is 19.0. The van der Waals surface area contributed by atoms with Gasteiger partial charge in [-0.1, -0.05) is 43.3 Å². The van der Waals surface area contributed by atoms with Crippen LogP contribution in [0.25, 0.3) is 0 Å². The van der Waals surface area contributed by atoms with Crippen LogP contribution < -0.4 is 0 Å². The number of esters is 1. The van der Waals surface area contributed by atoms with E-state index in [1.54, 1.807) is 19.9 Å². The van der Waals surface area contributed by atoms with Gasteiger partial charge in [0.2, 0.25) is 0 Å². The van der Waals surface area contributed by atoms with E-state index >= 15 is 0 Å². The Morgan fingerprint density at radius 1 is 1.36 bits per heavy atom. The highest BCUT2D eigenvalue weighted by atomic mass is 16.6. The maximum absolute atomic E-state index is 12.7. The second kappa shape index (κ2) is 7.70. The number of hydrogen-bond acceptors (Lipinski definition) is 5. The molecule has 136 valence electrons. The lowest BCUT2D eigenvalue weighted by molar-refractivity contribution is -0.149. The monoisotopic (exact) mass is 347 g/mol. The van der Waals surface area contributed by atoms with E-state index in [-0.39, 0.29) is 6.61 Å². The van der Waals surface area contributed by atoms with Gasteiger partial charge >= 0.3 is 12.1 Å². The van der Waals surface area contributed by atoms with E-state index in [2.05, 4.69) is 6.58 Å². The van der Waals surface area contributed by atoms with Crippen molar-refractivity contribution >= 4 is 12.1 Å². The Morgan fingerprint density at radius 3 is 2.56 bits per heavy atom. The minimum Gasteiger partial charge on any atom is -0.467 e. The van der Waals surface area contributed by atoms with Crippen molar-refractivity contribution in [2.75, 3.05) is 7.11 Å². The van der Waals surface area contributed by atoms with Crippen LogP contribution in [-0.4, -0.2) is 47.4 Å². The third-order valence-corrected chi connectivity index (χ3v) is 4.90. The Kier molecular flexibility index (Phi) is 5.85. The van der Waals surface area contributed by atoms with Crippen molar-refractivity contribution in [1.82, 2.24) is 4.90 Å². The van der Waals surface area contributed by atoms with Crippen LogP contribution in [-0.2, 0) is 20.9 Å². The number of aliphatic hydroxyl groups excluding tert-OH is 1. The van der Waals surface area contributed by atoms with Crippen LogP contribution >= 0.6 is 0 Å². The Labute approximate surface area is 148 Å². The maximum Gasteiger partial charge on any atom is 0.411 e. The highest BCUT2D eigenvalue weighted by Crippen LogP contribution is 2.44. The molecule has 1 aromatic rings. The molecule has 25 heavy (non-hydrogen) atoms. The molecule has 1 fully saturated rings. The Hall–Kier alpha value is -2.34. The second-order valence-corrected chi connectivity index (χ2v) is 6.56. The van der Waals surface area contributed by atoms with Crippen LogP contribution in [0.15, 0.2) is 43.0 Å². The van der Waals surface area contributed by atoms with Crippen LogP contribution in [0.3, 0.4) is 0 Å². The molecule has 1 heterocycles. The summed E-state index contributed by atoms with van der Waals surface area (Å²) in [7, 11) is 1.26. The molecule has 1 N–H and O–H groups in total. The quantitative estimate of drug-likeness (QED) is 0.654. The number of amides is 1. The lowest BCUT2D eigenvalue weighted by atomic mass is 9.76. The molecule has 0 aliphatic carbocycles. The Bertz CT molecular complexity index is 632. The largest absolute Gasteiger partial charge is 0.467 e. The molecule has 6 nitrogen and oxygen atoms in total. The summed E-state index contributed by atoms with van der Waals surface area (Å²) in [6.07, 6.45) is 0.434. The highest BCUT2D eigenvalue weighted by Gasteiger charge is 2.59. The molecule has 1 saturated heterocycles. The smallest absolute Gasteiger partial charge is 0.411 e. The first-order valence-electron chi connectivity index (χ1n) is 8.22. The Morgan fingerprint density at radius 2 is 2.00 bits per heavy atom. The van der Waals surface area contributed by atoms with E-state index in [1.807, 2.05) is 30.3 Å². The zero-order chi connectivity index (χ0) is 18.6. The number of likely N-dealkylation sites (tertiary alicyclic amines) is 1. The van der Waals surface area contributed by atoms with Gasteiger partial charge in [-0.15, -0.1) is 6.58 Å². The van der Waals surface area contributed by atoms with Crippen LogP contribution in [0, 0.1) is 5.41 Å². The zero-order valence-corrected chi connectivity index (χ0v) is 14.8. The SMILES string of the molecule is C=CCC1(C)C(O)C(C)N(C(=O)OCc2ccccc2)C1C(=O)OC. The van der Waals surface area contributed by atoms with E-state index in [9.17, 15) is 14.7 Å². The fraction of sp³-hybridized carbons (Fsp3) is 0.474. The lowest BCUT2D eigenvalue weighted by Crippen LogP contribution is -2.49. The minimum atomic E-state index is -0.941. The molecular formula is C19H25NO5. The number of aliphatic hydroxyl groups is 1. The molecule has 1 aliphatic rings. The fourth-order valence-electron chi connectivity index (χ4n) is 3.52. The fourth-order valence-corrected chi connectivity index (χ4v) is 3.52. The lowest BCUT2D eigenvalue weighted by Gasteiger charge is -2.33. The molecule has 0 saturated carbocycles. The van der Waals surface area contributed by atoms with Crippen molar-refractivity contribution in [3.8, 4) is 0 Å². The number of rotatable bonds is 5. The number of benzene rings is 1. The third kappa shape index (κ3) is 3.54. The van der Waals surface area contributed by atoms with Crippen molar-refractivity contribution in [3.63, 3.8) is 0 Å². The first-order chi connectivity index (χ1) is 11.9. The van der Waals surface area contributed by atoms with Crippen LogP contribution in [0.1, 0.15) is 25.8 Å². The van der Waals surface area contributed by atoms with Gasteiger partial charge < -0.3 is 14.6 Å². The molecule has 0 aromatic heterocycles. The number of methoxy groups -OCH3 is 1. The zero-order valence-electron chi connectivity index (χ0n) is 14.8. The molecule has 2 rings (SSSR count). The molecule has 1 amide bonds. The van der Waals surface area contributed by atoms with Crippen molar-refractivity contribution in [1.29, 1.82) is 0 Å². The number of nitrogens with zero attached hydrogens (tertiary/aromatic N) is 1. The summed E-state index contributed by atoms with van der Waals surface area (Å²) < 4.78 is 10.3. The number of allylic oxidation sites excluding steroid dienone is 1. The third-order valence-electron chi connectivity index (χ3n) is 4.90. The molecule has 0 spiro atoms. The second-order valence-electron chi connectivity index (χ2n) is 6.56. The number of carbonyl (C=O) groups is 2. The van der Waals surface area contributed by atoms with Crippen LogP contribution in [0.5, 0.6) is 0 Å². The van der Waals surface area contributed by atoms with Gasteiger partial charge in [-0.3, -0.25) is 4.90 Å². The average Bonchev–Trinajstić information content (AvgIpc) is 2.81. The first-order valence-corrected chi connectivity index (χ1v) is 8.22. The van der Waals surface area contributed by atoms with E-state index in [4.69, 9.17) is 9.47 Å².